The second-order valence-corrected chi connectivity index (χ2v) is 6.35. The van der Waals surface area contributed by atoms with E-state index < -0.39 is 0 Å². The first kappa shape index (κ1) is 15.8. The molecule has 3 heterocycles. The minimum absolute atomic E-state index is 0.378. The summed E-state index contributed by atoms with van der Waals surface area (Å²) in [6, 6.07) is 9.69. The van der Waals surface area contributed by atoms with Crippen molar-refractivity contribution in [3.63, 3.8) is 0 Å². The highest BCUT2D eigenvalue weighted by Crippen LogP contribution is 2.28. The molecule has 6 nitrogen and oxygen atoms in total. The number of ether oxygens (including phenoxy) is 1. The van der Waals surface area contributed by atoms with Crippen LogP contribution in [0.1, 0.15) is 30.1 Å². The van der Waals surface area contributed by atoms with Crippen LogP contribution in [0.2, 0.25) is 0 Å². The Bertz CT molecular complexity index is 791. The van der Waals surface area contributed by atoms with Crippen LogP contribution in [-0.4, -0.2) is 37.9 Å². The number of para-hydroxylation sites is 1. The molecule has 128 valence electrons. The molecule has 1 aromatic carbocycles. The van der Waals surface area contributed by atoms with Crippen LogP contribution >= 0.6 is 0 Å². The molecule has 1 aliphatic heterocycles. The van der Waals surface area contributed by atoms with E-state index in [1.165, 1.54) is 0 Å². The lowest BCUT2D eigenvalue weighted by Crippen LogP contribution is -2.34. The molecular weight excluding hydrogens is 314 g/mol. The van der Waals surface area contributed by atoms with Crippen LogP contribution in [0, 0.1) is 0 Å². The fourth-order valence-corrected chi connectivity index (χ4v) is 3.27. The monoisotopic (exact) mass is 335 g/mol. The van der Waals surface area contributed by atoms with Crippen LogP contribution in [-0.2, 0) is 6.54 Å². The standard InChI is InChI=1S/C19H21N5O/c1-2-6-17(7-3-1)25-19-11-20-10-18(23-19)15-5-4-8-24(12-15)13-16-9-21-14-22-16/h1-3,6-7,9-11,14-15H,4-5,8,12-13H2,(H,21,22). The van der Waals surface area contributed by atoms with E-state index in [9.17, 15) is 0 Å². The Balaban J connectivity index is 1.44. The van der Waals surface area contributed by atoms with Gasteiger partial charge in [0.2, 0.25) is 5.88 Å². The van der Waals surface area contributed by atoms with E-state index in [-0.39, 0.29) is 0 Å². The molecule has 0 spiro atoms. The summed E-state index contributed by atoms with van der Waals surface area (Å²) < 4.78 is 5.82. The van der Waals surface area contributed by atoms with Crippen molar-refractivity contribution in [1.82, 2.24) is 24.8 Å². The number of H-pyrrole nitrogens is 1. The number of imidazole rings is 1. The highest BCUT2D eigenvalue weighted by atomic mass is 16.5. The van der Waals surface area contributed by atoms with Gasteiger partial charge in [0.25, 0.3) is 0 Å². The number of nitrogens with zero attached hydrogens (tertiary/aromatic N) is 4. The van der Waals surface area contributed by atoms with Gasteiger partial charge in [-0.1, -0.05) is 18.2 Å². The van der Waals surface area contributed by atoms with E-state index in [0.717, 1.165) is 49.6 Å². The Labute approximate surface area is 146 Å². The molecule has 1 fully saturated rings. The lowest BCUT2D eigenvalue weighted by atomic mass is 9.95. The van der Waals surface area contributed by atoms with Crippen LogP contribution in [0.3, 0.4) is 0 Å². The number of benzene rings is 1. The molecule has 6 heteroatoms. The Morgan fingerprint density at radius 2 is 2.04 bits per heavy atom. The Morgan fingerprint density at radius 1 is 1.12 bits per heavy atom. The summed E-state index contributed by atoms with van der Waals surface area (Å²) in [5, 5.41) is 0. The maximum atomic E-state index is 5.82. The molecule has 1 aliphatic rings. The summed E-state index contributed by atoms with van der Waals surface area (Å²) in [5.74, 6) is 1.70. The summed E-state index contributed by atoms with van der Waals surface area (Å²) in [7, 11) is 0. The number of aromatic nitrogens is 4. The fourth-order valence-electron chi connectivity index (χ4n) is 3.27. The van der Waals surface area contributed by atoms with Gasteiger partial charge < -0.3 is 9.72 Å². The molecule has 1 atom stereocenters. The van der Waals surface area contributed by atoms with Gasteiger partial charge in [0, 0.05) is 37.1 Å². The summed E-state index contributed by atoms with van der Waals surface area (Å²) >= 11 is 0. The van der Waals surface area contributed by atoms with Gasteiger partial charge in [0.05, 0.1) is 18.2 Å². The lowest BCUT2D eigenvalue weighted by Gasteiger charge is -2.31. The number of nitrogens with one attached hydrogen (secondary N) is 1. The summed E-state index contributed by atoms with van der Waals surface area (Å²) in [6.45, 7) is 2.97. The number of piperidine rings is 1. The minimum Gasteiger partial charge on any atom is -0.437 e. The molecular formula is C19H21N5O. The van der Waals surface area contributed by atoms with Gasteiger partial charge >= 0.3 is 0 Å². The predicted octanol–water partition coefficient (Wildman–Crippen LogP) is 3.37. The molecule has 25 heavy (non-hydrogen) atoms. The van der Waals surface area contributed by atoms with Crippen LogP contribution in [0.25, 0.3) is 0 Å². The Morgan fingerprint density at radius 3 is 2.88 bits per heavy atom. The van der Waals surface area contributed by atoms with Crippen LogP contribution < -0.4 is 4.74 Å². The molecule has 1 N–H and O–H groups in total. The quantitative estimate of drug-likeness (QED) is 0.774. The average Bonchev–Trinajstić information content (AvgIpc) is 3.16. The molecule has 1 saturated heterocycles. The third-order valence-corrected chi connectivity index (χ3v) is 4.47. The van der Waals surface area contributed by atoms with Gasteiger partial charge in [-0.25, -0.2) is 9.97 Å². The van der Waals surface area contributed by atoms with E-state index in [4.69, 9.17) is 9.72 Å². The molecule has 1 unspecified atom stereocenters. The van der Waals surface area contributed by atoms with Crippen molar-refractivity contribution >= 4 is 0 Å². The van der Waals surface area contributed by atoms with Gasteiger partial charge in [-0.15, -0.1) is 0 Å². The van der Waals surface area contributed by atoms with E-state index in [1.54, 1.807) is 12.5 Å². The molecule has 0 amide bonds. The average molecular weight is 335 g/mol. The zero-order valence-corrected chi connectivity index (χ0v) is 14.0. The molecule has 0 bridgehead atoms. The van der Waals surface area contributed by atoms with Crippen molar-refractivity contribution in [2.24, 2.45) is 0 Å². The normalized spacial score (nSPS) is 18.2. The number of likely N-dealkylation sites (tertiary alicyclic amines) is 1. The minimum atomic E-state index is 0.378. The van der Waals surface area contributed by atoms with E-state index >= 15 is 0 Å². The van der Waals surface area contributed by atoms with E-state index in [2.05, 4.69) is 19.9 Å². The predicted molar refractivity (Wildman–Crippen MR) is 94.4 cm³/mol. The maximum Gasteiger partial charge on any atom is 0.238 e. The molecule has 4 rings (SSSR count). The molecule has 0 radical (unpaired) electrons. The van der Waals surface area contributed by atoms with Gasteiger partial charge in [-0.05, 0) is 31.5 Å². The highest BCUT2D eigenvalue weighted by Gasteiger charge is 2.23. The van der Waals surface area contributed by atoms with Crippen LogP contribution in [0.4, 0.5) is 0 Å². The number of rotatable bonds is 5. The van der Waals surface area contributed by atoms with Crippen molar-refractivity contribution in [2.75, 3.05) is 13.1 Å². The first-order valence-corrected chi connectivity index (χ1v) is 8.61. The topological polar surface area (TPSA) is 66.9 Å². The molecule has 0 saturated carbocycles. The zero-order valence-electron chi connectivity index (χ0n) is 14.0. The van der Waals surface area contributed by atoms with Crippen molar-refractivity contribution < 1.29 is 4.74 Å². The van der Waals surface area contributed by atoms with Crippen molar-refractivity contribution in [2.45, 2.75) is 25.3 Å². The zero-order chi connectivity index (χ0) is 16.9. The van der Waals surface area contributed by atoms with Crippen LogP contribution in [0.15, 0.2) is 55.2 Å². The first-order chi connectivity index (χ1) is 12.4. The smallest absolute Gasteiger partial charge is 0.238 e. The van der Waals surface area contributed by atoms with Crippen molar-refractivity contribution in [3.8, 4) is 11.6 Å². The number of aromatic amines is 1. The molecule has 2 aromatic heterocycles. The summed E-state index contributed by atoms with van der Waals surface area (Å²) in [4.78, 5) is 18.7. The van der Waals surface area contributed by atoms with Gasteiger partial charge in [-0.3, -0.25) is 9.88 Å². The molecule has 0 aliphatic carbocycles. The number of hydrogen-bond acceptors (Lipinski definition) is 5. The maximum absolute atomic E-state index is 5.82. The van der Waals surface area contributed by atoms with E-state index in [1.807, 2.05) is 42.7 Å². The third kappa shape index (κ3) is 4.03. The lowest BCUT2D eigenvalue weighted by molar-refractivity contribution is 0.196. The fraction of sp³-hybridized carbons (Fsp3) is 0.316. The third-order valence-electron chi connectivity index (χ3n) is 4.47. The second-order valence-electron chi connectivity index (χ2n) is 6.35. The Kier molecular flexibility index (Phi) is 4.70. The summed E-state index contributed by atoms with van der Waals surface area (Å²) in [5.41, 5.74) is 2.15. The SMILES string of the molecule is c1ccc(Oc2cncc(C3CCCN(Cc4cnc[nH]4)C3)n2)cc1. The second kappa shape index (κ2) is 7.44. The van der Waals surface area contributed by atoms with Gasteiger partial charge in [-0.2, -0.15) is 0 Å². The van der Waals surface area contributed by atoms with Crippen molar-refractivity contribution in [1.29, 1.82) is 0 Å². The largest absolute Gasteiger partial charge is 0.437 e. The first-order valence-electron chi connectivity index (χ1n) is 8.61. The van der Waals surface area contributed by atoms with Crippen molar-refractivity contribution in [3.05, 3.63) is 66.6 Å². The number of hydrogen-bond donors (Lipinski definition) is 1. The van der Waals surface area contributed by atoms with Crippen LogP contribution in [0.5, 0.6) is 11.6 Å². The van der Waals surface area contributed by atoms with Gasteiger partial charge in [0.15, 0.2) is 0 Å². The Hall–Kier alpha value is -2.73. The van der Waals surface area contributed by atoms with Gasteiger partial charge in [0.1, 0.15) is 5.75 Å². The summed E-state index contributed by atoms with van der Waals surface area (Å²) in [6.07, 6.45) is 9.43. The van der Waals surface area contributed by atoms with E-state index in [0.29, 0.717) is 11.8 Å². The highest BCUT2D eigenvalue weighted by molar-refractivity contribution is 5.26. The molecule has 3 aromatic rings.